The number of alkyl halides is 3. The quantitative estimate of drug-likeness (QED) is 0.837. The van der Waals surface area contributed by atoms with Gasteiger partial charge in [0, 0.05) is 6.04 Å². The van der Waals surface area contributed by atoms with Crippen molar-refractivity contribution in [2.45, 2.75) is 37.2 Å². The Labute approximate surface area is 109 Å². The number of hydrogen-bond donors (Lipinski definition) is 2. The lowest BCUT2D eigenvalue weighted by Crippen LogP contribution is -2.30. The summed E-state index contributed by atoms with van der Waals surface area (Å²) in [6, 6.07) is 1.86. The van der Waals surface area contributed by atoms with Gasteiger partial charge in [0.2, 0.25) is 5.09 Å². The summed E-state index contributed by atoms with van der Waals surface area (Å²) in [5, 5.41) is 2.34. The van der Waals surface area contributed by atoms with Gasteiger partial charge in [-0.1, -0.05) is 0 Å². The second kappa shape index (κ2) is 5.93. The van der Waals surface area contributed by atoms with Gasteiger partial charge in [-0.3, -0.25) is 0 Å². The minimum atomic E-state index is -4.24. The summed E-state index contributed by atoms with van der Waals surface area (Å²) in [5.74, 6) is 0.253. The van der Waals surface area contributed by atoms with Crippen LogP contribution in [0.4, 0.5) is 13.2 Å². The van der Waals surface area contributed by atoms with Gasteiger partial charge in [0.1, 0.15) is 5.76 Å². The van der Waals surface area contributed by atoms with Crippen molar-refractivity contribution in [1.29, 1.82) is 0 Å². The number of halogens is 3. The normalized spacial score (nSPS) is 14.6. The molecule has 1 atom stereocenters. The van der Waals surface area contributed by atoms with Gasteiger partial charge in [-0.05, 0) is 26.1 Å². The Kier molecular flexibility index (Phi) is 4.99. The van der Waals surface area contributed by atoms with E-state index in [-0.39, 0.29) is 17.4 Å². The molecule has 0 aliphatic carbocycles. The Morgan fingerprint density at radius 1 is 1.37 bits per heavy atom. The molecule has 0 saturated heterocycles. The van der Waals surface area contributed by atoms with Crippen molar-refractivity contribution in [2.24, 2.45) is 0 Å². The lowest BCUT2D eigenvalue weighted by atomic mass is 10.2. The highest BCUT2D eigenvalue weighted by atomic mass is 32.2. The molecule has 0 spiro atoms. The van der Waals surface area contributed by atoms with Crippen LogP contribution in [0.1, 0.15) is 19.1 Å². The summed E-state index contributed by atoms with van der Waals surface area (Å²) in [4.78, 5) is 0. The zero-order valence-electron chi connectivity index (χ0n) is 10.4. The first-order valence-corrected chi connectivity index (χ1v) is 6.95. The van der Waals surface area contributed by atoms with Gasteiger partial charge in [-0.15, -0.1) is 0 Å². The number of sulfonamides is 1. The van der Waals surface area contributed by atoms with E-state index in [0.717, 1.165) is 0 Å². The van der Waals surface area contributed by atoms with E-state index in [1.165, 1.54) is 26.1 Å². The lowest BCUT2D eigenvalue weighted by Gasteiger charge is -2.14. The van der Waals surface area contributed by atoms with Crippen LogP contribution in [0.25, 0.3) is 0 Å². The molecule has 1 aromatic rings. The van der Waals surface area contributed by atoms with E-state index < -0.39 is 28.7 Å². The van der Waals surface area contributed by atoms with E-state index in [1.54, 1.807) is 0 Å². The molecule has 0 radical (unpaired) electrons. The molecule has 0 aliphatic rings. The van der Waals surface area contributed by atoms with Crippen molar-refractivity contribution >= 4 is 10.0 Å². The molecule has 2 N–H and O–H groups in total. The minimum Gasteiger partial charge on any atom is -0.447 e. The Hall–Kier alpha value is -1.06. The van der Waals surface area contributed by atoms with Crippen LogP contribution in [0.15, 0.2) is 21.6 Å². The third-order valence-electron chi connectivity index (χ3n) is 2.33. The van der Waals surface area contributed by atoms with Crippen LogP contribution in [0.5, 0.6) is 0 Å². The first-order valence-electron chi connectivity index (χ1n) is 5.46. The number of hydrogen-bond acceptors (Lipinski definition) is 4. The predicted molar refractivity (Wildman–Crippen MR) is 61.9 cm³/mol. The topological polar surface area (TPSA) is 71.3 Å². The van der Waals surface area contributed by atoms with Gasteiger partial charge in [0.05, 0.1) is 13.0 Å². The minimum absolute atomic E-state index is 0.0243. The van der Waals surface area contributed by atoms with E-state index in [2.05, 4.69) is 10.0 Å². The Bertz CT molecular complexity index is 510. The lowest BCUT2D eigenvalue weighted by molar-refractivity contribution is -0.139. The van der Waals surface area contributed by atoms with Crippen molar-refractivity contribution in [3.63, 3.8) is 0 Å². The largest absolute Gasteiger partial charge is 0.447 e. The van der Waals surface area contributed by atoms with Crippen LogP contribution < -0.4 is 10.0 Å². The molecule has 1 rings (SSSR count). The molecule has 0 bridgehead atoms. The number of nitrogens with one attached hydrogen (secondary N) is 2. The smallest absolute Gasteiger partial charge is 0.390 e. The number of rotatable bonds is 6. The highest BCUT2D eigenvalue weighted by molar-refractivity contribution is 7.89. The van der Waals surface area contributed by atoms with Crippen LogP contribution in [0.3, 0.4) is 0 Å². The molecule has 5 nitrogen and oxygen atoms in total. The van der Waals surface area contributed by atoms with Gasteiger partial charge >= 0.3 is 6.18 Å². The zero-order chi connectivity index (χ0) is 14.7. The van der Waals surface area contributed by atoms with Crippen LogP contribution in [0, 0.1) is 0 Å². The van der Waals surface area contributed by atoms with Gasteiger partial charge in [-0.2, -0.15) is 13.2 Å². The van der Waals surface area contributed by atoms with Crippen molar-refractivity contribution < 1.29 is 26.0 Å². The van der Waals surface area contributed by atoms with Gasteiger partial charge in [-0.25, -0.2) is 13.1 Å². The molecule has 1 heterocycles. The summed E-state index contributed by atoms with van der Waals surface area (Å²) in [5.41, 5.74) is 0. The van der Waals surface area contributed by atoms with Gasteiger partial charge in [0.25, 0.3) is 10.0 Å². The maximum absolute atomic E-state index is 12.1. The molecule has 0 aliphatic heterocycles. The first kappa shape index (κ1) is 16.0. The molecule has 0 fully saturated rings. The van der Waals surface area contributed by atoms with E-state index in [4.69, 9.17) is 4.42 Å². The monoisotopic (exact) mass is 300 g/mol. The third-order valence-corrected chi connectivity index (χ3v) is 3.62. The van der Waals surface area contributed by atoms with E-state index in [1.807, 2.05) is 0 Å². The first-order chi connectivity index (χ1) is 8.64. The fourth-order valence-corrected chi connectivity index (χ4v) is 2.06. The van der Waals surface area contributed by atoms with E-state index in [0.29, 0.717) is 0 Å². The van der Waals surface area contributed by atoms with Crippen LogP contribution >= 0.6 is 0 Å². The Balaban J connectivity index is 2.56. The maximum atomic E-state index is 12.1. The second-order valence-electron chi connectivity index (χ2n) is 4.03. The summed E-state index contributed by atoms with van der Waals surface area (Å²) in [6.45, 7) is 1.41. The average molecular weight is 300 g/mol. The zero-order valence-corrected chi connectivity index (χ0v) is 11.2. The maximum Gasteiger partial charge on any atom is 0.390 e. The second-order valence-corrected chi connectivity index (χ2v) is 5.85. The molecular weight excluding hydrogens is 285 g/mol. The molecule has 0 aromatic carbocycles. The van der Waals surface area contributed by atoms with Crippen molar-refractivity contribution in [1.82, 2.24) is 10.0 Å². The van der Waals surface area contributed by atoms with Gasteiger partial charge < -0.3 is 9.73 Å². The molecule has 1 aromatic heterocycles. The highest BCUT2D eigenvalue weighted by Crippen LogP contribution is 2.21. The van der Waals surface area contributed by atoms with Crippen LogP contribution in [0.2, 0.25) is 0 Å². The molecule has 1 unspecified atom stereocenters. The van der Waals surface area contributed by atoms with Crippen molar-refractivity contribution in [2.75, 3.05) is 7.05 Å². The average Bonchev–Trinajstić information content (AvgIpc) is 2.73. The Morgan fingerprint density at radius 3 is 2.53 bits per heavy atom. The molecule has 9 heteroatoms. The molecule has 19 heavy (non-hydrogen) atoms. The van der Waals surface area contributed by atoms with Crippen LogP contribution in [-0.2, 0) is 16.6 Å². The Morgan fingerprint density at radius 2 is 2.00 bits per heavy atom. The van der Waals surface area contributed by atoms with E-state index >= 15 is 0 Å². The summed E-state index contributed by atoms with van der Waals surface area (Å²) in [6.07, 6.45) is -5.20. The summed E-state index contributed by atoms with van der Waals surface area (Å²) < 4.78 is 66.1. The number of furan rings is 1. The SMILES string of the molecule is CNS(=O)(=O)c1ccc(CNC(C)CC(F)(F)F)o1. The predicted octanol–water partition coefficient (Wildman–Crippen LogP) is 1.62. The molecule has 0 amide bonds. The fraction of sp³-hybridized carbons (Fsp3) is 0.600. The molecular formula is C10H15F3N2O3S. The third kappa shape index (κ3) is 5.21. The van der Waals surface area contributed by atoms with Crippen LogP contribution in [-0.4, -0.2) is 27.7 Å². The van der Waals surface area contributed by atoms with Crippen molar-refractivity contribution in [3.05, 3.63) is 17.9 Å². The molecule has 0 saturated carbocycles. The molecule has 110 valence electrons. The van der Waals surface area contributed by atoms with Gasteiger partial charge in [0.15, 0.2) is 0 Å². The standard InChI is InChI=1S/C10H15F3N2O3S/c1-7(5-10(11,12)13)15-6-8-3-4-9(18-8)19(16,17)14-2/h3-4,7,14-15H,5-6H2,1-2H3. The van der Waals surface area contributed by atoms with Crippen molar-refractivity contribution in [3.8, 4) is 0 Å². The highest BCUT2D eigenvalue weighted by Gasteiger charge is 2.29. The fourth-order valence-electron chi connectivity index (χ4n) is 1.39. The summed E-state index contributed by atoms with van der Waals surface area (Å²) >= 11 is 0. The summed E-state index contributed by atoms with van der Waals surface area (Å²) in [7, 11) is -2.43. The van der Waals surface area contributed by atoms with E-state index in [9.17, 15) is 21.6 Å².